The van der Waals surface area contributed by atoms with Crippen molar-refractivity contribution in [1.82, 2.24) is 10.1 Å². The van der Waals surface area contributed by atoms with Crippen molar-refractivity contribution in [2.45, 2.75) is 38.3 Å². The molecule has 2 N–H and O–H groups in total. The summed E-state index contributed by atoms with van der Waals surface area (Å²) < 4.78 is 10.5. The highest BCUT2D eigenvalue weighted by Gasteiger charge is 2.23. The Bertz CT molecular complexity index is 292. The molecule has 1 aliphatic heterocycles. The van der Waals surface area contributed by atoms with E-state index in [-0.39, 0.29) is 12.1 Å². The van der Waals surface area contributed by atoms with E-state index in [2.05, 4.69) is 10.1 Å². The first-order valence-electron chi connectivity index (χ1n) is 4.95. The molecule has 1 aromatic rings. The van der Waals surface area contributed by atoms with Crippen LogP contribution in [-0.4, -0.2) is 22.8 Å². The Kier molecular flexibility index (Phi) is 2.79. The van der Waals surface area contributed by atoms with E-state index >= 15 is 0 Å². The highest BCUT2D eigenvalue weighted by molar-refractivity contribution is 4.93. The summed E-state index contributed by atoms with van der Waals surface area (Å²) in [4.78, 5) is 4.25. The molecule has 0 saturated carbocycles. The summed E-state index contributed by atoms with van der Waals surface area (Å²) in [6.07, 6.45) is 2.69. The van der Waals surface area contributed by atoms with Crippen molar-refractivity contribution >= 4 is 0 Å². The SMILES string of the molecule is CC(N)Cc1noc([C@H]2CCCO2)n1. The number of aromatic nitrogens is 2. The van der Waals surface area contributed by atoms with Gasteiger partial charge in [-0.25, -0.2) is 0 Å². The van der Waals surface area contributed by atoms with Crippen LogP contribution in [0.3, 0.4) is 0 Å². The van der Waals surface area contributed by atoms with Crippen molar-refractivity contribution in [3.8, 4) is 0 Å². The fraction of sp³-hybridized carbons (Fsp3) is 0.778. The maximum Gasteiger partial charge on any atom is 0.255 e. The van der Waals surface area contributed by atoms with Crippen molar-refractivity contribution in [2.24, 2.45) is 5.73 Å². The van der Waals surface area contributed by atoms with Crippen molar-refractivity contribution in [3.63, 3.8) is 0 Å². The molecule has 0 radical (unpaired) electrons. The molecule has 2 atom stereocenters. The molecule has 1 unspecified atom stereocenters. The first-order valence-corrected chi connectivity index (χ1v) is 4.95. The lowest BCUT2D eigenvalue weighted by molar-refractivity contribution is 0.0835. The van der Waals surface area contributed by atoms with E-state index in [9.17, 15) is 0 Å². The minimum atomic E-state index is 0.00401. The number of hydrogen-bond acceptors (Lipinski definition) is 5. The van der Waals surface area contributed by atoms with E-state index in [1.165, 1.54) is 0 Å². The van der Waals surface area contributed by atoms with Gasteiger partial charge < -0.3 is 15.0 Å². The zero-order valence-corrected chi connectivity index (χ0v) is 8.27. The van der Waals surface area contributed by atoms with E-state index in [4.69, 9.17) is 15.0 Å². The lowest BCUT2D eigenvalue weighted by atomic mass is 10.2. The molecule has 0 aliphatic carbocycles. The maximum absolute atomic E-state index is 5.63. The lowest BCUT2D eigenvalue weighted by Gasteiger charge is -2.00. The summed E-state index contributed by atoms with van der Waals surface area (Å²) >= 11 is 0. The Labute approximate surface area is 82.6 Å². The molecule has 2 heterocycles. The van der Waals surface area contributed by atoms with Gasteiger partial charge in [-0.05, 0) is 19.8 Å². The summed E-state index contributed by atoms with van der Waals surface area (Å²) in [5.74, 6) is 1.27. The molecule has 1 saturated heterocycles. The van der Waals surface area contributed by atoms with Crippen LogP contribution in [0, 0.1) is 0 Å². The van der Waals surface area contributed by atoms with Gasteiger partial charge in [0, 0.05) is 19.1 Å². The highest BCUT2D eigenvalue weighted by atomic mass is 16.5. The molecule has 0 amide bonds. The Morgan fingerprint density at radius 1 is 1.64 bits per heavy atom. The minimum absolute atomic E-state index is 0.00401. The van der Waals surface area contributed by atoms with Gasteiger partial charge in [0.15, 0.2) is 5.82 Å². The minimum Gasteiger partial charge on any atom is -0.368 e. The van der Waals surface area contributed by atoms with Gasteiger partial charge in [-0.15, -0.1) is 0 Å². The quantitative estimate of drug-likeness (QED) is 0.776. The Hall–Kier alpha value is -0.940. The molecule has 1 fully saturated rings. The number of rotatable bonds is 3. The van der Waals surface area contributed by atoms with E-state index in [0.717, 1.165) is 19.4 Å². The smallest absolute Gasteiger partial charge is 0.255 e. The molecule has 0 spiro atoms. The van der Waals surface area contributed by atoms with E-state index in [1.807, 2.05) is 6.92 Å². The highest BCUT2D eigenvalue weighted by Crippen LogP contribution is 2.26. The number of nitrogens with two attached hydrogens (primary N) is 1. The van der Waals surface area contributed by atoms with Gasteiger partial charge in [0.1, 0.15) is 6.10 Å². The standard InChI is InChI=1S/C9H15N3O2/c1-6(10)5-8-11-9(14-12-8)7-3-2-4-13-7/h6-7H,2-5,10H2,1H3/t6?,7-/m1/s1. The van der Waals surface area contributed by atoms with Gasteiger partial charge >= 0.3 is 0 Å². The molecule has 2 rings (SSSR count). The van der Waals surface area contributed by atoms with E-state index < -0.39 is 0 Å². The summed E-state index contributed by atoms with van der Waals surface area (Å²) in [6.45, 7) is 2.71. The molecule has 78 valence electrons. The van der Waals surface area contributed by atoms with Crippen LogP contribution in [0.2, 0.25) is 0 Å². The second-order valence-electron chi connectivity index (χ2n) is 3.73. The van der Waals surface area contributed by atoms with Crippen molar-refractivity contribution in [2.75, 3.05) is 6.61 Å². The average molecular weight is 197 g/mol. The van der Waals surface area contributed by atoms with Crippen LogP contribution in [0.15, 0.2) is 4.52 Å². The van der Waals surface area contributed by atoms with Crippen molar-refractivity contribution in [1.29, 1.82) is 0 Å². The van der Waals surface area contributed by atoms with Crippen LogP contribution < -0.4 is 5.73 Å². The Morgan fingerprint density at radius 3 is 3.14 bits per heavy atom. The van der Waals surface area contributed by atoms with Crippen LogP contribution in [0.1, 0.15) is 37.6 Å². The number of hydrogen-bond donors (Lipinski definition) is 1. The maximum atomic E-state index is 5.63. The lowest BCUT2D eigenvalue weighted by Crippen LogP contribution is -2.18. The third kappa shape index (κ3) is 2.10. The first kappa shape index (κ1) is 9.61. The predicted octanol–water partition coefficient (Wildman–Crippen LogP) is 0.811. The summed E-state index contributed by atoms with van der Waals surface area (Å²) in [5.41, 5.74) is 5.63. The van der Waals surface area contributed by atoms with Gasteiger partial charge in [-0.3, -0.25) is 0 Å². The first-order chi connectivity index (χ1) is 6.75. The largest absolute Gasteiger partial charge is 0.368 e. The van der Waals surface area contributed by atoms with Gasteiger partial charge in [-0.2, -0.15) is 4.98 Å². The van der Waals surface area contributed by atoms with Crippen LogP contribution in [0.5, 0.6) is 0 Å². The molecular weight excluding hydrogens is 182 g/mol. The van der Waals surface area contributed by atoms with Crippen LogP contribution in [-0.2, 0) is 11.2 Å². The Morgan fingerprint density at radius 2 is 2.50 bits per heavy atom. The molecule has 1 aliphatic rings. The predicted molar refractivity (Wildman–Crippen MR) is 49.6 cm³/mol. The fourth-order valence-corrected chi connectivity index (χ4v) is 1.54. The van der Waals surface area contributed by atoms with E-state index in [1.54, 1.807) is 0 Å². The number of ether oxygens (including phenoxy) is 1. The molecule has 5 heteroatoms. The molecule has 0 bridgehead atoms. The van der Waals surface area contributed by atoms with Gasteiger partial charge in [0.25, 0.3) is 5.89 Å². The second kappa shape index (κ2) is 4.06. The van der Waals surface area contributed by atoms with Crippen molar-refractivity contribution < 1.29 is 9.26 Å². The van der Waals surface area contributed by atoms with Crippen molar-refractivity contribution in [3.05, 3.63) is 11.7 Å². The topological polar surface area (TPSA) is 74.2 Å². The zero-order valence-electron chi connectivity index (χ0n) is 8.27. The summed E-state index contributed by atoms with van der Waals surface area (Å²) in [5, 5.41) is 3.85. The monoisotopic (exact) mass is 197 g/mol. The molecule has 1 aromatic heterocycles. The molecule has 0 aromatic carbocycles. The van der Waals surface area contributed by atoms with E-state index in [0.29, 0.717) is 18.1 Å². The normalized spacial score (nSPS) is 24.0. The van der Waals surface area contributed by atoms with Gasteiger partial charge in [-0.1, -0.05) is 5.16 Å². The molecule has 5 nitrogen and oxygen atoms in total. The fourth-order valence-electron chi connectivity index (χ4n) is 1.54. The third-order valence-corrected chi connectivity index (χ3v) is 2.19. The summed E-state index contributed by atoms with van der Waals surface area (Å²) in [6, 6.07) is 0.0601. The number of nitrogens with zero attached hydrogens (tertiary/aromatic N) is 2. The van der Waals surface area contributed by atoms with Gasteiger partial charge in [0.2, 0.25) is 0 Å². The third-order valence-electron chi connectivity index (χ3n) is 2.19. The second-order valence-corrected chi connectivity index (χ2v) is 3.73. The van der Waals surface area contributed by atoms with Crippen LogP contribution >= 0.6 is 0 Å². The van der Waals surface area contributed by atoms with Gasteiger partial charge in [0.05, 0.1) is 0 Å². The average Bonchev–Trinajstić information content (AvgIpc) is 2.69. The van der Waals surface area contributed by atoms with Crippen LogP contribution in [0.4, 0.5) is 0 Å². The molecular formula is C9H15N3O2. The summed E-state index contributed by atoms with van der Waals surface area (Å²) in [7, 11) is 0. The van der Waals surface area contributed by atoms with Crippen LogP contribution in [0.25, 0.3) is 0 Å². The Balaban J connectivity index is 2.01. The molecule has 14 heavy (non-hydrogen) atoms. The zero-order chi connectivity index (χ0) is 9.97.